The summed E-state index contributed by atoms with van der Waals surface area (Å²) in [5, 5.41) is 0. The van der Waals surface area contributed by atoms with Crippen LogP contribution in [0.2, 0.25) is 5.82 Å². The maximum Gasteiger partial charge on any atom is 0.431 e. The van der Waals surface area contributed by atoms with Crippen LogP contribution in [0.1, 0.15) is 19.4 Å². The molecule has 3 heteroatoms. The van der Waals surface area contributed by atoms with Crippen molar-refractivity contribution in [2.75, 3.05) is 0 Å². The van der Waals surface area contributed by atoms with E-state index in [-0.39, 0.29) is 4.77 Å². The van der Waals surface area contributed by atoms with Crippen molar-refractivity contribution in [2.24, 2.45) is 0 Å². The second kappa shape index (κ2) is 5.44. The fourth-order valence-electron chi connectivity index (χ4n) is 1.01. The van der Waals surface area contributed by atoms with Gasteiger partial charge in [-0.25, -0.2) is 0 Å². The summed E-state index contributed by atoms with van der Waals surface area (Å²) < 4.78 is 6.02. The van der Waals surface area contributed by atoms with Crippen molar-refractivity contribution in [1.29, 1.82) is 0 Å². The van der Waals surface area contributed by atoms with E-state index in [1.807, 2.05) is 30.3 Å². The zero-order valence-corrected chi connectivity index (χ0v) is 10.7. The van der Waals surface area contributed by atoms with E-state index in [4.69, 9.17) is 4.65 Å². The highest BCUT2D eigenvalue weighted by atomic mass is 127. The lowest BCUT2D eigenvalue weighted by molar-refractivity contribution is 0.576. The molecule has 0 aliphatic carbocycles. The predicted octanol–water partition coefficient (Wildman–Crippen LogP) is 4.04. The van der Waals surface area contributed by atoms with Crippen LogP contribution in [0.4, 0.5) is 0 Å². The molecule has 1 nitrogen and oxygen atoms in total. The number of benzene rings is 1. The zero-order chi connectivity index (χ0) is 10.6. The van der Waals surface area contributed by atoms with Crippen LogP contribution in [0.25, 0.3) is 6.08 Å². The third-order valence-electron chi connectivity index (χ3n) is 1.90. The average molecular weight is 300 g/mol. The molecule has 0 heterocycles. The molecule has 0 aromatic heterocycles. The molecule has 0 saturated carbocycles. The smallest absolute Gasteiger partial charge is 0.431 e. The number of hydrogen-bond donors (Lipinski definition) is 0. The molecule has 0 atom stereocenters. The molecule has 0 aliphatic heterocycles. The van der Waals surface area contributed by atoms with Gasteiger partial charge in [0.1, 0.15) is 5.75 Å². The molecule has 74 valence electrons. The summed E-state index contributed by atoms with van der Waals surface area (Å²) in [6, 6.07) is 7.95. The number of hydrogen-bond acceptors (Lipinski definition) is 1. The zero-order valence-electron chi connectivity index (χ0n) is 8.53. The Kier molecular flexibility index (Phi) is 4.52. The van der Waals surface area contributed by atoms with Crippen molar-refractivity contribution >= 4 is 33.2 Å². The lowest BCUT2D eigenvalue weighted by Gasteiger charge is -2.14. The summed E-state index contributed by atoms with van der Waals surface area (Å²) in [5.74, 6) is 1.42. The molecule has 0 bridgehead atoms. The Morgan fingerprint density at radius 3 is 2.64 bits per heavy atom. The summed E-state index contributed by atoms with van der Waals surface area (Å²) in [6.07, 6.45) is 1.82. The van der Waals surface area contributed by atoms with Gasteiger partial charge in [-0.15, -0.1) is 0 Å². The van der Waals surface area contributed by atoms with E-state index in [1.165, 1.54) is 0 Å². The Bertz CT molecular complexity index is 312. The van der Waals surface area contributed by atoms with Gasteiger partial charge in [0.25, 0.3) is 0 Å². The van der Waals surface area contributed by atoms with Crippen molar-refractivity contribution in [3.05, 3.63) is 36.4 Å². The van der Waals surface area contributed by atoms with E-state index in [0.29, 0.717) is 5.82 Å². The molecule has 0 amide bonds. The number of para-hydroxylation sites is 1. The van der Waals surface area contributed by atoms with Gasteiger partial charge in [0.2, 0.25) is 0 Å². The summed E-state index contributed by atoms with van der Waals surface area (Å²) in [5.41, 5.74) is 1.05. The maximum atomic E-state index is 5.81. The van der Waals surface area contributed by atoms with Crippen LogP contribution in [0, 0.1) is 0 Å². The molecule has 1 aromatic carbocycles. The van der Waals surface area contributed by atoms with Gasteiger partial charge in [0, 0.05) is 5.56 Å². The molecular weight excluding hydrogens is 286 g/mol. The monoisotopic (exact) mass is 300 g/mol. The normalized spacial score (nSPS) is 10.0. The molecule has 1 aromatic rings. The van der Waals surface area contributed by atoms with Crippen molar-refractivity contribution in [1.82, 2.24) is 0 Å². The lowest BCUT2D eigenvalue weighted by atomic mass is 9.83. The quantitative estimate of drug-likeness (QED) is 0.602. The molecule has 1 rings (SSSR count). The second-order valence-corrected chi connectivity index (χ2v) is 4.68. The van der Waals surface area contributed by atoms with Crippen molar-refractivity contribution in [2.45, 2.75) is 19.7 Å². The summed E-state index contributed by atoms with van der Waals surface area (Å²) in [4.78, 5) is 0. The van der Waals surface area contributed by atoms with Gasteiger partial charge in [-0.1, -0.05) is 67.1 Å². The topological polar surface area (TPSA) is 9.23 Å². The van der Waals surface area contributed by atoms with E-state index < -0.39 is 0 Å². The van der Waals surface area contributed by atoms with Crippen LogP contribution in [0.15, 0.2) is 30.8 Å². The molecule has 0 fully saturated rings. The van der Waals surface area contributed by atoms with Gasteiger partial charge in [-0.3, -0.25) is 0 Å². The van der Waals surface area contributed by atoms with Crippen LogP contribution in [-0.4, -0.2) is 4.77 Å². The minimum absolute atomic E-state index is 0.202. The molecule has 0 unspecified atom stereocenters. The van der Waals surface area contributed by atoms with Gasteiger partial charge in [-0.05, 0) is 11.9 Å². The SMILES string of the molecule is C=Cc1ccccc1OB(I)C(C)C. The number of halogens is 1. The van der Waals surface area contributed by atoms with E-state index in [0.717, 1.165) is 11.3 Å². The van der Waals surface area contributed by atoms with Gasteiger partial charge in [-0.2, -0.15) is 0 Å². The van der Waals surface area contributed by atoms with E-state index >= 15 is 0 Å². The van der Waals surface area contributed by atoms with Crippen LogP contribution in [0.3, 0.4) is 0 Å². The van der Waals surface area contributed by atoms with Gasteiger partial charge in [0.05, 0.1) is 0 Å². The first-order chi connectivity index (χ1) is 6.65. The third-order valence-corrected chi connectivity index (χ3v) is 3.60. The van der Waals surface area contributed by atoms with Gasteiger partial charge < -0.3 is 4.65 Å². The highest BCUT2D eigenvalue weighted by Crippen LogP contribution is 2.24. The van der Waals surface area contributed by atoms with E-state index in [1.54, 1.807) is 0 Å². The molecule has 0 N–H and O–H groups in total. The van der Waals surface area contributed by atoms with Crippen molar-refractivity contribution in [3.63, 3.8) is 0 Å². The summed E-state index contributed by atoms with van der Waals surface area (Å²) >= 11 is 2.31. The molecule has 0 aliphatic rings. The van der Waals surface area contributed by atoms with Gasteiger partial charge in [0.15, 0.2) is 0 Å². The maximum absolute atomic E-state index is 5.81. The van der Waals surface area contributed by atoms with E-state index in [9.17, 15) is 0 Å². The van der Waals surface area contributed by atoms with Crippen LogP contribution >= 0.6 is 22.4 Å². The van der Waals surface area contributed by atoms with Crippen LogP contribution < -0.4 is 4.65 Å². The fraction of sp³-hybridized carbons (Fsp3) is 0.273. The first kappa shape index (κ1) is 11.6. The molecule has 0 spiro atoms. The Morgan fingerprint density at radius 2 is 2.07 bits per heavy atom. The summed E-state index contributed by atoms with van der Waals surface area (Å²) in [7, 11) is 0. The van der Waals surface area contributed by atoms with Crippen LogP contribution in [0.5, 0.6) is 5.75 Å². The standard InChI is InChI=1S/C11H14BIO/c1-4-10-7-5-6-8-11(10)14-12(13)9(2)3/h4-9H,1H2,2-3H3. The van der Waals surface area contributed by atoms with Gasteiger partial charge >= 0.3 is 4.77 Å². The Morgan fingerprint density at radius 1 is 1.43 bits per heavy atom. The predicted molar refractivity (Wildman–Crippen MR) is 72.0 cm³/mol. The Balaban J connectivity index is 2.80. The Labute approximate surface area is 99.5 Å². The van der Waals surface area contributed by atoms with E-state index in [2.05, 4.69) is 42.8 Å². The number of rotatable bonds is 4. The first-order valence-electron chi connectivity index (χ1n) is 4.67. The Hall–Kier alpha value is -0.445. The minimum atomic E-state index is 0.202. The highest BCUT2D eigenvalue weighted by Gasteiger charge is 2.18. The average Bonchev–Trinajstić information content (AvgIpc) is 2.18. The third kappa shape index (κ3) is 3.05. The van der Waals surface area contributed by atoms with Crippen molar-refractivity contribution in [3.8, 4) is 5.75 Å². The fourth-order valence-corrected chi connectivity index (χ4v) is 1.29. The molecular formula is C11H14BIO. The highest BCUT2D eigenvalue weighted by molar-refractivity contribution is 14.1. The van der Waals surface area contributed by atoms with Crippen LogP contribution in [-0.2, 0) is 0 Å². The van der Waals surface area contributed by atoms with Crippen molar-refractivity contribution < 1.29 is 4.65 Å². The largest absolute Gasteiger partial charge is 0.550 e. The second-order valence-electron chi connectivity index (χ2n) is 3.45. The summed E-state index contributed by atoms with van der Waals surface area (Å²) in [6.45, 7) is 8.05. The molecule has 0 radical (unpaired) electrons. The minimum Gasteiger partial charge on any atom is -0.550 e. The lowest BCUT2D eigenvalue weighted by Crippen LogP contribution is -2.17. The first-order valence-corrected chi connectivity index (χ1v) is 5.92. The molecule has 14 heavy (non-hydrogen) atoms. The molecule has 0 saturated heterocycles.